The number of hydrogen-bond acceptors (Lipinski definition) is 3. The Bertz CT molecular complexity index is 332. The second kappa shape index (κ2) is 4.47. The lowest BCUT2D eigenvalue weighted by molar-refractivity contribution is -0.121. The van der Waals surface area contributed by atoms with Gasteiger partial charge >= 0.3 is 6.18 Å². The van der Waals surface area contributed by atoms with Crippen LogP contribution in [0.1, 0.15) is 19.3 Å². The number of nitrogens with one attached hydrogen (secondary N) is 2. The maximum Gasteiger partial charge on any atom is 0.402 e. The molecule has 0 saturated heterocycles. The first-order valence-corrected chi connectivity index (χ1v) is 6.22. The predicted molar refractivity (Wildman–Crippen MR) is 51.7 cm³/mol. The van der Waals surface area contributed by atoms with Crippen LogP contribution in [0.25, 0.3) is 0 Å². The molecular weight excluding hydrogens is 247 g/mol. The Balaban J connectivity index is 2.52. The Morgan fingerprint density at radius 3 is 2.19 bits per heavy atom. The predicted octanol–water partition coefficient (Wildman–Crippen LogP) is -0.146. The van der Waals surface area contributed by atoms with E-state index < -0.39 is 28.5 Å². The van der Waals surface area contributed by atoms with Gasteiger partial charge in [-0.2, -0.15) is 31.0 Å². The highest BCUT2D eigenvalue weighted by atomic mass is 32.2. The van der Waals surface area contributed by atoms with E-state index in [0.29, 0.717) is 12.8 Å². The van der Waals surface area contributed by atoms with Gasteiger partial charge in [0.25, 0.3) is 10.2 Å². The van der Waals surface area contributed by atoms with Crippen molar-refractivity contribution in [1.29, 1.82) is 0 Å². The molecule has 0 aromatic rings. The van der Waals surface area contributed by atoms with Crippen molar-refractivity contribution in [2.24, 2.45) is 5.73 Å². The van der Waals surface area contributed by atoms with E-state index in [1.807, 2.05) is 0 Å². The molecule has 96 valence electrons. The van der Waals surface area contributed by atoms with E-state index in [4.69, 9.17) is 5.73 Å². The molecule has 16 heavy (non-hydrogen) atoms. The topological polar surface area (TPSA) is 84.2 Å². The van der Waals surface area contributed by atoms with Crippen LogP contribution in [0.2, 0.25) is 0 Å². The number of alkyl halides is 3. The summed E-state index contributed by atoms with van der Waals surface area (Å²) in [5, 5.41) is 0. The summed E-state index contributed by atoms with van der Waals surface area (Å²) in [5.74, 6) is 0. The van der Waals surface area contributed by atoms with Gasteiger partial charge in [0.05, 0.1) is 0 Å². The molecule has 0 unspecified atom stereocenters. The summed E-state index contributed by atoms with van der Waals surface area (Å²) in [5.41, 5.74) is 4.61. The van der Waals surface area contributed by atoms with Crippen LogP contribution in [0.5, 0.6) is 0 Å². The molecule has 0 bridgehead atoms. The van der Waals surface area contributed by atoms with E-state index in [1.54, 1.807) is 0 Å². The largest absolute Gasteiger partial charge is 0.402 e. The van der Waals surface area contributed by atoms with E-state index in [0.717, 1.165) is 6.42 Å². The normalized spacial score (nSPS) is 20.5. The van der Waals surface area contributed by atoms with Crippen molar-refractivity contribution >= 4 is 10.2 Å². The fourth-order valence-corrected chi connectivity index (χ4v) is 2.73. The zero-order valence-electron chi connectivity index (χ0n) is 8.47. The van der Waals surface area contributed by atoms with Crippen LogP contribution in [0, 0.1) is 0 Å². The monoisotopic (exact) mass is 261 g/mol. The summed E-state index contributed by atoms with van der Waals surface area (Å²) < 4.78 is 61.6. The highest BCUT2D eigenvalue weighted by molar-refractivity contribution is 7.87. The quantitative estimate of drug-likeness (QED) is 0.643. The molecule has 9 heteroatoms. The number of rotatable bonds is 5. The minimum atomic E-state index is -4.57. The Morgan fingerprint density at radius 1 is 1.31 bits per heavy atom. The third-order valence-electron chi connectivity index (χ3n) is 2.51. The summed E-state index contributed by atoms with van der Waals surface area (Å²) in [6.45, 7) is -1.50. The zero-order valence-corrected chi connectivity index (χ0v) is 9.29. The first-order chi connectivity index (χ1) is 7.18. The fraction of sp³-hybridized carbons (Fsp3) is 1.00. The van der Waals surface area contributed by atoms with Gasteiger partial charge in [-0.1, -0.05) is 0 Å². The molecule has 0 spiro atoms. The molecule has 5 nitrogen and oxygen atoms in total. The van der Waals surface area contributed by atoms with Crippen LogP contribution in [-0.4, -0.2) is 33.2 Å². The second-order valence-corrected chi connectivity index (χ2v) is 5.38. The van der Waals surface area contributed by atoms with Crippen LogP contribution < -0.4 is 15.2 Å². The third-order valence-corrected chi connectivity index (χ3v) is 3.74. The van der Waals surface area contributed by atoms with Gasteiger partial charge in [-0.15, -0.1) is 0 Å². The van der Waals surface area contributed by atoms with Crippen LogP contribution in [0.15, 0.2) is 0 Å². The van der Waals surface area contributed by atoms with Gasteiger partial charge in [0.1, 0.15) is 6.54 Å². The lowest BCUT2D eigenvalue weighted by Gasteiger charge is -2.41. The minimum absolute atomic E-state index is 0.0833. The van der Waals surface area contributed by atoms with E-state index in [1.165, 1.54) is 4.72 Å². The van der Waals surface area contributed by atoms with Gasteiger partial charge in [-0.3, -0.25) is 0 Å². The highest BCUT2D eigenvalue weighted by Crippen LogP contribution is 2.31. The molecule has 0 aromatic heterocycles. The molecule has 0 heterocycles. The fourth-order valence-electron chi connectivity index (χ4n) is 1.45. The third kappa shape index (κ3) is 3.89. The standard InChI is InChI=1S/C7H14F3N3O2S/c8-7(9,10)5-12-16(14,15)13-6(4-11)2-1-3-6/h12-13H,1-5,11H2. The minimum Gasteiger partial charge on any atom is -0.329 e. The second-order valence-electron chi connectivity index (χ2n) is 3.88. The van der Waals surface area contributed by atoms with Crippen molar-refractivity contribution in [2.75, 3.05) is 13.1 Å². The molecule has 0 radical (unpaired) electrons. The highest BCUT2D eigenvalue weighted by Gasteiger charge is 2.40. The number of halogens is 3. The zero-order chi connectivity index (χ0) is 12.4. The summed E-state index contributed by atoms with van der Waals surface area (Å²) in [7, 11) is -4.15. The van der Waals surface area contributed by atoms with Gasteiger partial charge in [-0.25, -0.2) is 0 Å². The first-order valence-electron chi connectivity index (χ1n) is 4.73. The van der Waals surface area contributed by atoms with Crippen molar-refractivity contribution < 1.29 is 21.6 Å². The van der Waals surface area contributed by atoms with E-state index >= 15 is 0 Å². The van der Waals surface area contributed by atoms with E-state index in [9.17, 15) is 21.6 Å². The van der Waals surface area contributed by atoms with E-state index in [2.05, 4.69) is 4.72 Å². The molecule has 0 aliphatic heterocycles. The molecule has 0 amide bonds. The van der Waals surface area contributed by atoms with Crippen molar-refractivity contribution in [3.63, 3.8) is 0 Å². The van der Waals surface area contributed by atoms with Crippen molar-refractivity contribution in [1.82, 2.24) is 9.44 Å². The Labute approximate surface area is 91.8 Å². The molecule has 1 aliphatic carbocycles. The van der Waals surface area contributed by atoms with E-state index in [-0.39, 0.29) is 6.54 Å². The van der Waals surface area contributed by atoms with Gasteiger partial charge in [0, 0.05) is 12.1 Å². The average molecular weight is 261 g/mol. The van der Waals surface area contributed by atoms with Crippen LogP contribution in [0.3, 0.4) is 0 Å². The average Bonchev–Trinajstić information content (AvgIpc) is 2.08. The van der Waals surface area contributed by atoms with Crippen molar-refractivity contribution in [3.05, 3.63) is 0 Å². The van der Waals surface area contributed by atoms with Crippen LogP contribution in [0.4, 0.5) is 13.2 Å². The molecule has 0 atom stereocenters. The van der Waals surface area contributed by atoms with Crippen molar-refractivity contribution in [2.45, 2.75) is 31.0 Å². The van der Waals surface area contributed by atoms with Crippen LogP contribution >= 0.6 is 0 Å². The van der Waals surface area contributed by atoms with Crippen molar-refractivity contribution in [3.8, 4) is 0 Å². The first kappa shape index (κ1) is 13.7. The van der Waals surface area contributed by atoms with Gasteiger partial charge in [0.15, 0.2) is 0 Å². The number of nitrogens with two attached hydrogens (primary N) is 1. The Morgan fingerprint density at radius 2 is 1.88 bits per heavy atom. The lowest BCUT2D eigenvalue weighted by Crippen LogP contribution is -2.60. The smallest absolute Gasteiger partial charge is 0.329 e. The lowest BCUT2D eigenvalue weighted by atomic mass is 9.78. The maximum absolute atomic E-state index is 11.8. The summed E-state index contributed by atoms with van der Waals surface area (Å²) in [6, 6.07) is 0. The summed E-state index contributed by atoms with van der Waals surface area (Å²) in [6.07, 6.45) is -2.64. The summed E-state index contributed by atoms with van der Waals surface area (Å²) >= 11 is 0. The SMILES string of the molecule is NCC1(NS(=O)(=O)NCC(F)(F)F)CCC1. The molecule has 1 rings (SSSR count). The molecular formula is C7H14F3N3O2S. The molecule has 1 aliphatic rings. The van der Waals surface area contributed by atoms with Gasteiger partial charge < -0.3 is 5.73 Å². The van der Waals surface area contributed by atoms with Gasteiger partial charge in [-0.05, 0) is 19.3 Å². The molecule has 4 N–H and O–H groups in total. The number of hydrogen-bond donors (Lipinski definition) is 3. The maximum atomic E-state index is 11.8. The molecule has 0 aromatic carbocycles. The Kier molecular flexibility index (Phi) is 3.83. The molecule has 1 fully saturated rings. The van der Waals surface area contributed by atoms with Gasteiger partial charge in [0.2, 0.25) is 0 Å². The molecule has 1 saturated carbocycles. The summed E-state index contributed by atoms with van der Waals surface area (Å²) in [4.78, 5) is 0. The van der Waals surface area contributed by atoms with Crippen LogP contribution in [-0.2, 0) is 10.2 Å². The Hall–Kier alpha value is -0.380.